The van der Waals surface area contributed by atoms with E-state index in [9.17, 15) is 9.59 Å². The van der Waals surface area contributed by atoms with Crippen LogP contribution in [0.25, 0.3) is 32.8 Å². The van der Waals surface area contributed by atoms with Gasteiger partial charge in [-0.3, -0.25) is 4.79 Å². The van der Waals surface area contributed by atoms with E-state index in [1.165, 1.54) is 36.5 Å². The molecule has 2 aromatic carbocycles. The van der Waals surface area contributed by atoms with Crippen LogP contribution >= 0.6 is 0 Å². The van der Waals surface area contributed by atoms with Crippen LogP contribution in [0, 0.1) is 5.41 Å². The number of fused-ring (bicyclic) bond motifs is 3. The van der Waals surface area contributed by atoms with Crippen LogP contribution in [-0.2, 0) is 11.3 Å². The first-order valence-electron chi connectivity index (χ1n) is 17.3. The van der Waals surface area contributed by atoms with Crippen molar-refractivity contribution in [1.29, 1.82) is 0 Å². The number of benzene rings is 2. The smallest absolute Gasteiger partial charge is 0.336 e. The van der Waals surface area contributed by atoms with Crippen molar-refractivity contribution in [3.8, 4) is 5.75 Å². The van der Waals surface area contributed by atoms with Gasteiger partial charge in [-0.25, -0.2) is 4.79 Å². The Hall–Kier alpha value is -5.43. The molecule has 0 unspecified atom stereocenters. The maximum atomic E-state index is 13.0. The summed E-state index contributed by atoms with van der Waals surface area (Å²) in [6, 6.07) is 16.8. The van der Waals surface area contributed by atoms with Gasteiger partial charge in [0.1, 0.15) is 0 Å². The van der Waals surface area contributed by atoms with Gasteiger partial charge in [-0.1, -0.05) is 67.5 Å². The van der Waals surface area contributed by atoms with Gasteiger partial charge >= 0.3 is 5.63 Å². The number of aromatic nitrogens is 1. The van der Waals surface area contributed by atoms with Gasteiger partial charge in [-0.15, -0.1) is 0 Å². The van der Waals surface area contributed by atoms with Crippen molar-refractivity contribution in [2.24, 2.45) is 5.41 Å². The summed E-state index contributed by atoms with van der Waals surface area (Å²) in [4.78, 5) is 25.0. The lowest BCUT2D eigenvalue weighted by Crippen LogP contribution is -2.35. The van der Waals surface area contributed by atoms with Crippen LogP contribution in [0.3, 0.4) is 0 Å². The van der Waals surface area contributed by atoms with Crippen LogP contribution in [-0.4, -0.2) is 12.5 Å². The normalized spacial score (nSPS) is 15.6. The SMILES string of the molecule is CC(C=CC1=C(C)CCCC1(C)C)=CC=CC(C)=CC(=O)Nc1cc[n+](CCCOc2c3occc3cc3ccc(=O)oc23)c2ccccc12. The van der Waals surface area contributed by atoms with Gasteiger partial charge in [0.25, 0.3) is 0 Å². The van der Waals surface area contributed by atoms with Crippen molar-refractivity contribution >= 4 is 44.4 Å². The summed E-state index contributed by atoms with van der Waals surface area (Å²) in [5.74, 6) is 0.248. The molecule has 0 atom stereocenters. The molecule has 256 valence electrons. The number of aryl methyl sites for hydroxylation is 1. The van der Waals surface area contributed by atoms with Gasteiger partial charge in [0.2, 0.25) is 17.2 Å². The quantitative estimate of drug-likeness (QED) is 0.0498. The summed E-state index contributed by atoms with van der Waals surface area (Å²) in [5.41, 5.74) is 7.40. The minimum absolute atomic E-state index is 0.183. The molecule has 0 spiro atoms. The zero-order chi connectivity index (χ0) is 35.3. The molecule has 1 amide bonds. The predicted octanol–water partition coefficient (Wildman–Crippen LogP) is 9.92. The second kappa shape index (κ2) is 15.0. The fourth-order valence-electron chi connectivity index (χ4n) is 6.79. The van der Waals surface area contributed by atoms with Gasteiger partial charge in [0.15, 0.2) is 23.9 Å². The highest BCUT2D eigenvalue weighted by Crippen LogP contribution is 2.41. The molecule has 0 fully saturated rings. The topological polar surface area (TPSA) is 85.6 Å². The van der Waals surface area contributed by atoms with Crippen LogP contribution in [0.15, 0.2) is 139 Å². The third-order valence-corrected chi connectivity index (χ3v) is 9.39. The standard InChI is InChI=1S/C43H44N2O5/c1-29(16-18-35-31(3)13-9-22-43(35,4)5)11-8-12-30(2)27-38(46)44-36-20-24-45(37-15-7-6-14-34(36)37)23-10-25-48-42-40-33(21-26-49-40)28-32-17-19-39(47)50-41(32)42/h6-8,11-12,14-21,24,26-28H,9-10,13,22-23,25H2,1-5H3/p+1. The second-order valence-corrected chi connectivity index (χ2v) is 13.8. The Morgan fingerprint density at radius 1 is 1.02 bits per heavy atom. The molecule has 0 aliphatic heterocycles. The molecule has 0 bridgehead atoms. The Labute approximate surface area is 292 Å². The molecule has 50 heavy (non-hydrogen) atoms. The Bertz CT molecular complexity index is 2280. The van der Waals surface area contributed by atoms with Crippen molar-refractivity contribution in [3.63, 3.8) is 0 Å². The average Bonchev–Trinajstić information content (AvgIpc) is 3.55. The van der Waals surface area contributed by atoms with E-state index in [0.717, 1.165) is 38.5 Å². The summed E-state index contributed by atoms with van der Waals surface area (Å²) in [7, 11) is 0. The predicted molar refractivity (Wildman–Crippen MR) is 201 cm³/mol. The van der Waals surface area contributed by atoms with Gasteiger partial charge in [-0.05, 0) is 80.9 Å². The second-order valence-electron chi connectivity index (χ2n) is 13.8. The molecule has 3 aromatic heterocycles. The minimum atomic E-state index is -0.442. The Morgan fingerprint density at radius 3 is 2.68 bits per heavy atom. The molecule has 0 saturated carbocycles. The summed E-state index contributed by atoms with van der Waals surface area (Å²) in [5, 5.41) is 5.66. The number of hydrogen-bond donors (Lipinski definition) is 1. The highest BCUT2D eigenvalue weighted by molar-refractivity contribution is 6.05. The maximum Gasteiger partial charge on any atom is 0.336 e. The number of carbonyl (C=O) groups is 1. The lowest BCUT2D eigenvalue weighted by atomic mass is 9.72. The van der Waals surface area contributed by atoms with Crippen LogP contribution in [0.5, 0.6) is 5.75 Å². The van der Waals surface area contributed by atoms with Crippen LogP contribution in [0.4, 0.5) is 5.69 Å². The monoisotopic (exact) mass is 669 g/mol. The van der Waals surface area contributed by atoms with Gasteiger partial charge < -0.3 is 18.9 Å². The summed E-state index contributed by atoms with van der Waals surface area (Å²) in [6.07, 6.45) is 20.0. The number of allylic oxidation sites excluding steroid dienone is 9. The summed E-state index contributed by atoms with van der Waals surface area (Å²) < 4.78 is 19.5. The van der Waals surface area contributed by atoms with Crippen molar-refractivity contribution in [2.45, 2.75) is 66.8 Å². The molecular weight excluding hydrogens is 624 g/mol. The van der Waals surface area contributed by atoms with Crippen molar-refractivity contribution in [2.75, 3.05) is 11.9 Å². The van der Waals surface area contributed by atoms with Crippen molar-refractivity contribution in [3.05, 3.63) is 136 Å². The fourth-order valence-corrected chi connectivity index (χ4v) is 6.79. The molecule has 0 radical (unpaired) electrons. The van der Waals surface area contributed by atoms with E-state index in [1.807, 2.05) is 67.7 Å². The molecular formula is C43H45N2O5+. The first-order chi connectivity index (χ1) is 24.1. The number of anilines is 1. The van der Waals surface area contributed by atoms with Gasteiger partial charge in [-0.2, -0.15) is 4.57 Å². The van der Waals surface area contributed by atoms with Crippen molar-refractivity contribution < 1.29 is 22.9 Å². The molecule has 1 aliphatic rings. The fraction of sp³-hybridized carbons (Fsp3) is 0.279. The zero-order valence-corrected chi connectivity index (χ0v) is 29.5. The minimum Gasteiger partial charge on any atom is -0.486 e. The third kappa shape index (κ3) is 7.89. The van der Waals surface area contributed by atoms with Gasteiger partial charge in [0, 0.05) is 41.5 Å². The number of carbonyl (C=O) groups excluding carboxylic acids is 1. The zero-order valence-electron chi connectivity index (χ0n) is 29.5. The largest absolute Gasteiger partial charge is 0.486 e. The van der Waals surface area contributed by atoms with E-state index in [1.54, 1.807) is 18.4 Å². The third-order valence-electron chi connectivity index (χ3n) is 9.39. The summed E-state index contributed by atoms with van der Waals surface area (Å²) in [6.45, 7) is 12.0. The molecule has 3 heterocycles. The van der Waals surface area contributed by atoms with E-state index >= 15 is 0 Å². The van der Waals surface area contributed by atoms with E-state index in [2.05, 4.69) is 55.8 Å². The van der Waals surface area contributed by atoms with E-state index < -0.39 is 5.63 Å². The number of amides is 1. The number of para-hydroxylation sites is 1. The number of nitrogens with zero attached hydrogens (tertiary/aromatic N) is 1. The molecule has 5 aromatic rings. The average molecular weight is 670 g/mol. The number of furan rings is 1. The molecule has 1 aliphatic carbocycles. The van der Waals surface area contributed by atoms with E-state index in [-0.39, 0.29) is 11.3 Å². The van der Waals surface area contributed by atoms with E-state index in [4.69, 9.17) is 13.6 Å². The van der Waals surface area contributed by atoms with Crippen LogP contribution < -0.4 is 20.2 Å². The molecule has 1 N–H and O–H groups in total. The number of ether oxygens (including phenoxy) is 1. The maximum absolute atomic E-state index is 13.0. The number of rotatable bonds is 11. The van der Waals surface area contributed by atoms with Gasteiger partial charge in [0.05, 0.1) is 23.9 Å². The summed E-state index contributed by atoms with van der Waals surface area (Å²) >= 11 is 0. The highest BCUT2D eigenvalue weighted by atomic mass is 16.5. The highest BCUT2D eigenvalue weighted by Gasteiger charge is 2.26. The first-order valence-corrected chi connectivity index (χ1v) is 17.3. The van der Waals surface area contributed by atoms with Crippen molar-refractivity contribution in [1.82, 2.24) is 0 Å². The number of nitrogens with one attached hydrogen (secondary N) is 1. The molecule has 7 heteroatoms. The van der Waals surface area contributed by atoms with Crippen LogP contribution in [0.2, 0.25) is 0 Å². The Kier molecular flexibility index (Phi) is 10.3. The lowest BCUT2D eigenvalue weighted by molar-refractivity contribution is -0.671. The van der Waals surface area contributed by atoms with E-state index in [0.29, 0.717) is 36.5 Å². The van der Waals surface area contributed by atoms with Crippen LogP contribution in [0.1, 0.15) is 60.3 Å². The Morgan fingerprint density at radius 2 is 1.84 bits per heavy atom. The Balaban J connectivity index is 1.08. The number of pyridine rings is 1. The molecule has 7 nitrogen and oxygen atoms in total. The first kappa shape index (κ1) is 34.4. The molecule has 0 saturated heterocycles. The lowest BCUT2D eigenvalue weighted by Gasteiger charge is -2.32. The molecule has 6 rings (SSSR count). The number of hydrogen-bond acceptors (Lipinski definition) is 5.